The maximum atomic E-state index is 5.74. The molecule has 0 fully saturated rings. The largest absolute Gasteiger partial charge is 0.493 e. The van der Waals surface area contributed by atoms with Crippen LogP contribution in [0.5, 0.6) is 5.75 Å². The lowest BCUT2D eigenvalue weighted by Crippen LogP contribution is -2.08. The molecule has 2 heteroatoms. The van der Waals surface area contributed by atoms with Crippen LogP contribution in [-0.2, 0) is 0 Å². The van der Waals surface area contributed by atoms with E-state index in [1.54, 1.807) is 0 Å². The zero-order valence-corrected chi connectivity index (χ0v) is 10.7. The summed E-state index contributed by atoms with van der Waals surface area (Å²) in [6, 6.07) is 7.85. The summed E-state index contributed by atoms with van der Waals surface area (Å²) in [7, 11) is 0. The van der Waals surface area contributed by atoms with E-state index in [1.807, 2.05) is 24.3 Å². The predicted molar refractivity (Wildman–Crippen MR) is 71.9 cm³/mol. The molecule has 2 nitrogen and oxygen atoms in total. The summed E-state index contributed by atoms with van der Waals surface area (Å²) in [4.78, 5) is 0. The van der Waals surface area contributed by atoms with Crippen LogP contribution in [0.3, 0.4) is 0 Å². The fourth-order valence-corrected chi connectivity index (χ4v) is 1.63. The third-order valence-corrected chi connectivity index (χ3v) is 2.48. The summed E-state index contributed by atoms with van der Waals surface area (Å²) in [6.07, 6.45) is 2.40. The van der Waals surface area contributed by atoms with Gasteiger partial charge < -0.3 is 10.5 Å². The highest BCUT2D eigenvalue weighted by Crippen LogP contribution is 2.15. The Morgan fingerprint density at radius 2 is 2.24 bits per heavy atom. The van der Waals surface area contributed by atoms with E-state index in [0.717, 1.165) is 17.9 Å². The molecule has 92 valence electrons. The van der Waals surface area contributed by atoms with Crippen LogP contribution >= 0.6 is 0 Å². The van der Waals surface area contributed by atoms with Crippen molar-refractivity contribution >= 4 is 0 Å². The highest BCUT2D eigenvalue weighted by atomic mass is 16.5. The number of nitrogens with two attached hydrogens (primary N) is 1. The average Bonchev–Trinajstić information content (AvgIpc) is 2.35. The Balaban J connectivity index is 2.54. The van der Waals surface area contributed by atoms with E-state index in [0.29, 0.717) is 12.5 Å². The first-order valence-electron chi connectivity index (χ1n) is 6.18. The fraction of sp³-hybridized carbons (Fsp3) is 0.467. The lowest BCUT2D eigenvalue weighted by atomic mass is 10.1. The molecule has 17 heavy (non-hydrogen) atoms. The molecule has 0 amide bonds. The van der Waals surface area contributed by atoms with Crippen LogP contribution in [0.2, 0.25) is 0 Å². The summed E-state index contributed by atoms with van der Waals surface area (Å²) in [6.45, 7) is 5.56. The van der Waals surface area contributed by atoms with Crippen LogP contribution in [0.25, 0.3) is 0 Å². The first-order chi connectivity index (χ1) is 8.26. The quantitative estimate of drug-likeness (QED) is 0.791. The SMILES string of the molecule is CCCC(C)COc1cccc(C#CCN)c1. The van der Waals surface area contributed by atoms with Gasteiger partial charge in [-0.2, -0.15) is 0 Å². The molecular formula is C15H21NO. The van der Waals surface area contributed by atoms with Crippen molar-refractivity contribution in [3.8, 4) is 17.6 Å². The first kappa shape index (κ1) is 13.6. The second-order valence-corrected chi connectivity index (χ2v) is 4.24. The van der Waals surface area contributed by atoms with Crippen molar-refractivity contribution in [1.82, 2.24) is 0 Å². The summed E-state index contributed by atoms with van der Waals surface area (Å²) in [5.74, 6) is 7.32. The van der Waals surface area contributed by atoms with Crippen molar-refractivity contribution in [3.63, 3.8) is 0 Å². The minimum atomic E-state index is 0.388. The summed E-state index contributed by atoms with van der Waals surface area (Å²) >= 11 is 0. The van der Waals surface area contributed by atoms with Gasteiger partial charge in [-0.05, 0) is 30.5 Å². The van der Waals surface area contributed by atoms with Gasteiger partial charge in [0.1, 0.15) is 5.75 Å². The third-order valence-electron chi connectivity index (χ3n) is 2.48. The lowest BCUT2D eigenvalue weighted by Gasteiger charge is -2.12. The molecule has 2 N–H and O–H groups in total. The first-order valence-corrected chi connectivity index (χ1v) is 6.18. The molecule has 0 radical (unpaired) electrons. The summed E-state index contributed by atoms with van der Waals surface area (Å²) < 4.78 is 5.74. The smallest absolute Gasteiger partial charge is 0.120 e. The highest BCUT2D eigenvalue weighted by molar-refractivity contribution is 5.39. The van der Waals surface area contributed by atoms with Crippen molar-refractivity contribution < 1.29 is 4.74 Å². The number of rotatable bonds is 5. The second-order valence-electron chi connectivity index (χ2n) is 4.24. The Kier molecular flexibility index (Phi) is 6.21. The second kappa shape index (κ2) is 7.76. The molecule has 0 spiro atoms. The Morgan fingerprint density at radius 3 is 2.94 bits per heavy atom. The van der Waals surface area contributed by atoms with Gasteiger partial charge in [-0.1, -0.05) is 38.2 Å². The minimum absolute atomic E-state index is 0.388. The van der Waals surface area contributed by atoms with E-state index in [9.17, 15) is 0 Å². The number of hydrogen-bond acceptors (Lipinski definition) is 2. The van der Waals surface area contributed by atoms with Gasteiger partial charge in [0.25, 0.3) is 0 Å². The zero-order valence-electron chi connectivity index (χ0n) is 10.7. The topological polar surface area (TPSA) is 35.2 Å². The zero-order chi connectivity index (χ0) is 12.5. The third kappa shape index (κ3) is 5.42. The molecule has 0 aliphatic rings. The maximum Gasteiger partial charge on any atom is 0.120 e. The molecule has 1 unspecified atom stereocenters. The van der Waals surface area contributed by atoms with Crippen LogP contribution in [0, 0.1) is 17.8 Å². The number of hydrogen-bond donors (Lipinski definition) is 1. The molecule has 1 aromatic rings. The Morgan fingerprint density at radius 1 is 1.41 bits per heavy atom. The van der Waals surface area contributed by atoms with Gasteiger partial charge in [0.15, 0.2) is 0 Å². The van der Waals surface area contributed by atoms with E-state index >= 15 is 0 Å². The molecule has 0 saturated carbocycles. The van der Waals surface area contributed by atoms with E-state index in [4.69, 9.17) is 10.5 Å². The molecule has 1 aromatic carbocycles. The standard InChI is InChI=1S/C15H21NO/c1-3-6-13(2)12-17-15-9-4-7-14(11-15)8-5-10-16/h4,7,9,11,13H,3,6,10,12,16H2,1-2H3. The van der Waals surface area contributed by atoms with Crippen LogP contribution in [0.15, 0.2) is 24.3 Å². The normalized spacial score (nSPS) is 11.5. The van der Waals surface area contributed by atoms with Gasteiger partial charge >= 0.3 is 0 Å². The molecule has 1 atom stereocenters. The predicted octanol–water partition coefficient (Wildman–Crippen LogP) is 2.81. The van der Waals surface area contributed by atoms with Crippen LogP contribution in [-0.4, -0.2) is 13.2 Å². The van der Waals surface area contributed by atoms with Crippen LogP contribution in [0.4, 0.5) is 0 Å². The van der Waals surface area contributed by atoms with Gasteiger partial charge in [-0.15, -0.1) is 0 Å². The fourth-order valence-electron chi connectivity index (χ4n) is 1.63. The van der Waals surface area contributed by atoms with Crippen molar-refractivity contribution in [2.24, 2.45) is 11.7 Å². The van der Waals surface area contributed by atoms with Crippen molar-refractivity contribution in [2.75, 3.05) is 13.2 Å². The number of benzene rings is 1. The van der Waals surface area contributed by atoms with Crippen LogP contribution in [0.1, 0.15) is 32.3 Å². The van der Waals surface area contributed by atoms with Crippen LogP contribution < -0.4 is 10.5 Å². The molecule has 0 aliphatic heterocycles. The monoisotopic (exact) mass is 231 g/mol. The van der Waals surface area contributed by atoms with Gasteiger partial charge in [0, 0.05) is 5.56 Å². The molecule has 0 bridgehead atoms. The molecule has 0 aromatic heterocycles. The van der Waals surface area contributed by atoms with E-state index in [1.165, 1.54) is 12.8 Å². The Labute approximate surface area is 104 Å². The summed E-state index contributed by atoms with van der Waals surface area (Å²) in [5.41, 5.74) is 6.30. The van der Waals surface area contributed by atoms with E-state index in [2.05, 4.69) is 25.7 Å². The average molecular weight is 231 g/mol. The van der Waals surface area contributed by atoms with E-state index in [-0.39, 0.29) is 0 Å². The van der Waals surface area contributed by atoms with Gasteiger partial charge in [-0.25, -0.2) is 0 Å². The molecule has 1 rings (SSSR count). The van der Waals surface area contributed by atoms with Crippen molar-refractivity contribution in [1.29, 1.82) is 0 Å². The minimum Gasteiger partial charge on any atom is -0.493 e. The lowest BCUT2D eigenvalue weighted by molar-refractivity contribution is 0.251. The van der Waals surface area contributed by atoms with E-state index < -0.39 is 0 Å². The molecule has 0 heterocycles. The molecular weight excluding hydrogens is 210 g/mol. The van der Waals surface area contributed by atoms with Gasteiger partial charge in [0.05, 0.1) is 13.2 Å². The Bertz CT molecular complexity index is 389. The summed E-state index contributed by atoms with van der Waals surface area (Å²) in [5, 5.41) is 0. The van der Waals surface area contributed by atoms with Gasteiger partial charge in [-0.3, -0.25) is 0 Å². The van der Waals surface area contributed by atoms with Gasteiger partial charge in [0.2, 0.25) is 0 Å². The molecule has 0 saturated heterocycles. The maximum absolute atomic E-state index is 5.74. The highest BCUT2D eigenvalue weighted by Gasteiger charge is 2.02. The molecule has 0 aliphatic carbocycles. The number of ether oxygens (including phenoxy) is 1. The van der Waals surface area contributed by atoms with Crippen molar-refractivity contribution in [3.05, 3.63) is 29.8 Å². The van der Waals surface area contributed by atoms with Crippen molar-refractivity contribution in [2.45, 2.75) is 26.7 Å². The Hall–Kier alpha value is -1.46.